The van der Waals surface area contributed by atoms with Crippen LogP contribution < -0.4 is 4.74 Å². The van der Waals surface area contributed by atoms with E-state index in [2.05, 4.69) is 28.9 Å². The Kier molecular flexibility index (Phi) is 7.38. The average molecular weight is 479 g/mol. The Bertz CT molecular complexity index is 929. The molecule has 0 aromatic heterocycles. The number of hydrogen-bond acceptors (Lipinski definition) is 3. The fourth-order valence-corrected chi connectivity index (χ4v) is 4.35. The Morgan fingerprint density at radius 2 is 2.07 bits per heavy atom. The van der Waals surface area contributed by atoms with Crippen molar-refractivity contribution in [2.24, 2.45) is 0 Å². The van der Waals surface area contributed by atoms with Crippen LogP contribution in [0.3, 0.4) is 0 Å². The monoisotopic (exact) mass is 477 g/mol. The Morgan fingerprint density at radius 3 is 2.79 bits per heavy atom. The highest BCUT2D eigenvalue weighted by Crippen LogP contribution is 2.31. The van der Waals surface area contributed by atoms with Gasteiger partial charge in [0, 0.05) is 21.6 Å². The van der Waals surface area contributed by atoms with E-state index in [-0.39, 0.29) is 0 Å². The van der Waals surface area contributed by atoms with Crippen molar-refractivity contribution in [2.45, 2.75) is 38.8 Å². The number of likely N-dealkylation sites (tertiary alicyclic amines) is 1. The van der Waals surface area contributed by atoms with Crippen LogP contribution in [0.25, 0.3) is 12.2 Å². The molecule has 1 N–H and O–H groups in total. The van der Waals surface area contributed by atoms with Crippen LogP contribution in [0.4, 0.5) is 0 Å². The predicted molar refractivity (Wildman–Crippen MR) is 121 cm³/mol. The number of nitrogens with zero attached hydrogens (tertiary/aromatic N) is 1. The molecule has 3 rings (SSSR count). The van der Waals surface area contributed by atoms with Gasteiger partial charge in [-0.05, 0) is 61.2 Å². The zero-order valence-electron chi connectivity index (χ0n) is 16.6. The number of carboxylic acid groups (broad SMARTS) is 1. The minimum Gasteiger partial charge on any atom is -0.496 e. The number of halogens is 2. The second kappa shape index (κ2) is 9.79. The van der Waals surface area contributed by atoms with Gasteiger partial charge in [-0.25, -0.2) is 0 Å². The third kappa shape index (κ3) is 5.21. The van der Waals surface area contributed by atoms with E-state index in [1.807, 2.05) is 41.3 Å². The summed E-state index contributed by atoms with van der Waals surface area (Å²) >= 11 is 10.1. The Balaban J connectivity index is 1.86. The molecule has 0 aliphatic carbocycles. The van der Waals surface area contributed by atoms with Gasteiger partial charge in [-0.15, -0.1) is 0 Å². The maximum Gasteiger partial charge on any atom is 0.320 e. The maximum atomic E-state index is 11.6. The van der Waals surface area contributed by atoms with Crippen LogP contribution in [-0.2, 0) is 11.3 Å². The highest BCUT2D eigenvalue weighted by atomic mass is 79.9. The number of aliphatic carboxylic acids is 1. The molecule has 0 amide bonds. The minimum absolute atomic E-state index is 0.452. The van der Waals surface area contributed by atoms with E-state index >= 15 is 0 Å². The molecule has 6 heteroatoms. The van der Waals surface area contributed by atoms with Gasteiger partial charge in [0.25, 0.3) is 0 Å². The Hall–Kier alpha value is -1.82. The number of benzene rings is 2. The quantitative estimate of drug-likeness (QED) is 0.515. The normalized spacial score (nSPS) is 17.6. The highest BCUT2D eigenvalue weighted by molar-refractivity contribution is 9.10. The van der Waals surface area contributed by atoms with Crippen LogP contribution in [0.15, 0.2) is 34.8 Å². The molecule has 2 aromatic rings. The molecule has 0 bridgehead atoms. The van der Waals surface area contributed by atoms with E-state index < -0.39 is 12.0 Å². The van der Waals surface area contributed by atoms with Crippen molar-refractivity contribution in [1.82, 2.24) is 4.90 Å². The molecule has 4 nitrogen and oxygen atoms in total. The number of ether oxygens (including phenoxy) is 1. The number of piperidine rings is 1. The Labute approximate surface area is 185 Å². The second-order valence-corrected chi connectivity index (χ2v) is 8.55. The standard InChI is InChI=1S/C23H25BrClNO3/c1-15-16(6-5-7-19(15)24)9-10-17-13-22(29-2)18(12-20(17)25)14-26-11-4-3-8-21(26)23(27)28/h5-7,9-10,12-13,21H,3-4,8,11,14H2,1-2H3,(H,27,28)/b10-9+. The van der Waals surface area contributed by atoms with Crippen LogP contribution in [-0.4, -0.2) is 35.7 Å². The molecular formula is C23H25BrClNO3. The van der Waals surface area contributed by atoms with Crippen molar-refractivity contribution in [3.63, 3.8) is 0 Å². The van der Waals surface area contributed by atoms with Gasteiger partial charge >= 0.3 is 5.97 Å². The number of carboxylic acids is 1. The van der Waals surface area contributed by atoms with Gasteiger partial charge < -0.3 is 9.84 Å². The first-order valence-corrected chi connectivity index (χ1v) is 10.8. The molecule has 1 aliphatic heterocycles. The van der Waals surface area contributed by atoms with Gasteiger partial charge in [0.2, 0.25) is 0 Å². The summed E-state index contributed by atoms with van der Waals surface area (Å²) in [5.41, 5.74) is 4.03. The van der Waals surface area contributed by atoms with E-state index in [0.29, 0.717) is 18.0 Å². The number of carbonyl (C=O) groups is 1. The summed E-state index contributed by atoms with van der Waals surface area (Å²) < 4.78 is 6.66. The molecule has 1 aliphatic rings. The molecule has 2 aromatic carbocycles. The van der Waals surface area contributed by atoms with E-state index in [4.69, 9.17) is 16.3 Å². The van der Waals surface area contributed by atoms with Crippen LogP contribution in [0.2, 0.25) is 5.02 Å². The first-order chi connectivity index (χ1) is 13.9. The summed E-state index contributed by atoms with van der Waals surface area (Å²) in [4.78, 5) is 13.6. The summed E-state index contributed by atoms with van der Waals surface area (Å²) in [6.07, 6.45) is 6.64. The topological polar surface area (TPSA) is 49.8 Å². The van der Waals surface area contributed by atoms with Crippen molar-refractivity contribution < 1.29 is 14.6 Å². The maximum absolute atomic E-state index is 11.6. The molecule has 29 heavy (non-hydrogen) atoms. The van der Waals surface area contributed by atoms with Gasteiger partial charge in [-0.1, -0.05) is 58.2 Å². The van der Waals surface area contributed by atoms with Gasteiger partial charge in [0.1, 0.15) is 11.8 Å². The summed E-state index contributed by atoms with van der Waals surface area (Å²) in [6, 6.07) is 9.43. The largest absolute Gasteiger partial charge is 0.496 e. The van der Waals surface area contributed by atoms with Crippen molar-refractivity contribution in [1.29, 1.82) is 0 Å². The van der Waals surface area contributed by atoms with Crippen molar-refractivity contribution in [3.8, 4) is 5.75 Å². The molecule has 0 radical (unpaired) electrons. The lowest BCUT2D eigenvalue weighted by Gasteiger charge is -2.33. The summed E-state index contributed by atoms with van der Waals surface area (Å²) in [5, 5.41) is 10.1. The Morgan fingerprint density at radius 1 is 1.31 bits per heavy atom. The fraction of sp³-hybridized carbons (Fsp3) is 0.348. The van der Waals surface area contributed by atoms with Crippen molar-refractivity contribution in [2.75, 3.05) is 13.7 Å². The van der Waals surface area contributed by atoms with Gasteiger partial charge in [-0.2, -0.15) is 0 Å². The minimum atomic E-state index is -0.765. The van der Waals surface area contributed by atoms with Crippen molar-refractivity contribution >= 4 is 45.7 Å². The van der Waals surface area contributed by atoms with Crippen LogP contribution in [0, 0.1) is 6.92 Å². The zero-order valence-corrected chi connectivity index (χ0v) is 19.0. The lowest BCUT2D eigenvalue weighted by molar-refractivity contribution is -0.144. The first-order valence-electron chi connectivity index (χ1n) is 9.67. The van der Waals surface area contributed by atoms with E-state index in [9.17, 15) is 9.90 Å². The SMILES string of the molecule is COc1cc(/C=C/c2cccc(Br)c2C)c(Cl)cc1CN1CCCCC1C(=O)O. The number of rotatable bonds is 6. The van der Waals surface area contributed by atoms with Gasteiger partial charge in [0.05, 0.1) is 7.11 Å². The van der Waals surface area contributed by atoms with Crippen molar-refractivity contribution in [3.05, 3.63) is 62.1 Å². The molecule has 1 atom stereocenters. The highest BCUT2D eigenvalue weighted by Gasteiger charge is 2.29. The molecular weight excluding hydrogens is 454 g/mol. The van der Waals surface area contributed by atoms with Gasteiger partial charge in [0.15, 0.2) is 0 Å². The van der Waals surface area contributed by atoms with Crippen LogP contribution >= 0.6 is 27.5 Å². The summed E-state index contributed by atoms with van der Waals surface area (Å²) in [5.74, 6) is -0.0477. The second-order valence-electron chi connectivity index (χ2n) is 7.29. The molecule has 1 saturated heterocycles. The molecule has 0 saturated carbocycles. The smallest absolute Gasteiger partial charge is 0.320 e. The third-order valence-corrected chi connectivity index (χ3v) is 6.61. The lowest BCUT2D eigenvalue weighted by Crippen LogP contribution is -2.44. The van der Waals surface area contributed by atoms with Crippen LogP contribution in [0.1, 0.15) is 41.5 Å². The van der Waals surface area contributed by atoms with Gasteiger partial charge in [-0.3, -0.25) is 9.69 Å². The lowest BCUT2D eigenvalue weighted by atomic mass is 10.0. The predicted octanol–water partition coefficient (Wildman–Crippen LogP) is 6.03. The zero-order chi connectivity index (χ0) is 21.0. The first kappa shape index (κ1) is 21.9. The molecule has 154 valence electrons. The summed E-state index contributed by atoms with van der Waals surface area (Å²) in [6.45, 7) is 3.34. The molecule has 1 fully saturated rings. The average Bonchev–Trinajstić information content (AvgIpc) is 2.70. The third-order valence-electron chi connectivity index (χ3n) is 5.42. The summed E-state index contributed by atoms with van der Waals surface area (Å²) in [7, 11) is 1.63. The van der Waals surface area contributed by atoms with Crippen LogP contribution in [0.5, 0.6) is 5.75 Å². The van der Waals surface area contributed by atoms with E-state index in [0.717, 1.165) is 51.9 Å². The number of hydrogen-bond donors (Lipinski definition) is 1. The van der Waals surface area contributed by atoms with E-state index in [1.165, 1.54) is 0 Å². The molecule has 0 spiro atoms. The fourth-order valence-electron chi connectivity index (χ4n) is 3.71. The molecule has 1 heterocycles. The van der Waals surface area contributed by atoms with E-state index in [1.54, 1.807) is 7.11 Å². The number of methoxy groups -OCH3 is 1. The molecule has 1 unspecified atom stereocenters.